The smallest absolute Gasteiger partial charge is 0.345 e. The van der Waals surface area contributed by atoms with Gasteiger partial charge in [0.1, 0.15) is 5.76 Å². The summed E-state index contributed by atoms with van der Waals surface area (Å²) >= 11 is 0. The van der Waals surface area contributed by atoms with Gasteiger partial charge in [-0.3, -0.25) is 0 Å². The maximum atomic E-state index is 13.2. The van der Waals surface area contributed by atoms with Gasteiger partial charge in [0.05, 0.1) is 11.3 Å². The highest BCUT2D eigenvalue weighted by Crippen LogP contribution is 2.39. The second kappa shape index (κ2) is 8.51. The van der Waals surface area contributed by atoms with E-state index in [0.717, 1.165) is 67.8 Å². The molecule has 0 atom stereocenters. The van der Waals surface area contributed by atoms with Crippen LogP contribution in [0.5, 0.6) is 0 Å². The predicted molar refractivity (Wildman–Crippen MR) is 122 cm³/mol. The Bertz CT molecular complexity index is 1050. The van der Waals surface area contributed by atoms with Gasteiger partial charge < -0.3 is 9.32 Å². The Hall–Kier alpha value is -2.81. The molecule has 1 aromatic heterocycles. The minimum atomic E-state index is -0.179. The lowest BCUT2D eigenvalue weighted by Gasteiger charge is -2.36. The largest absolute Gasteiger partial charge is 0.427 e. The van der Waals surface area contributed by atoms with Crippen molar-refractivity contribution in [3.8, 4) is 11.1 Å². The maximum Gasteiger partial charge on any atom is 0.345 e. The fourth-order valence-electron chi connectivity index (χ4n) is 5.20. The molecule has 30 heavy (non-hydrogen) atoms. The van der Waals surface area contributed by atoms with Crippen LogP contribution < -0.4 is 10.5 Å². The van der Waals surface area contributed by atoms with Crippen LogP contribution in [0.15, 0.2) is 69.9 Å². The third kappa shape index (κ3) is 3.69. The highest BCUT2D eigenvalue weighted by molar-refractivity contribution is 5.80. The van der Waals surface area contributed by atoms with Crippen molar-refractivity contribution < 1.29 is 4.42 Å². The average molecular weight is 400 g/mol. The summed E-state index contributed by atoms with van der Waals surface area (Å²) < 4.78 is 5.90. The molecule has 1 aliphatic carbocycles. The monoisotopic (exact) mass is 399 g/mol. The van der Waals surface area contributed by atoms with E-state index >= 15 is 0 Å². The summed E-state index contributed by atoms with van der Waals surface area (Å²) in [6.07, 6.45) is 7.60. The predicted octanol–water partition coefficient (Wildman–Crippen LogP) is 5.96. The zero-order valence-corrected chi connectivity index (χ0v) is 17.5. The van der Waals surface area contributed by atoms with E-state index in [-0.39, 0.29) is 5.63 Å². The first kappa shape index (κ1) is 19.2. The first-order valence-electron chi connectivity index (χ1n) is 11.4. The average Bonchev–Trinajstić information content (AvgIpc) is 3.05. The molecular weight excluding hydrogens is 370 g/mol. The van der Waals surface area contributed by atoms with Crippen molar-refractivity contribution in [2.75, 3.05) is 18.0 Å². The Morgan fingerprint density at radius 1 is 0.800 bits per heavy atom. The van der Waals surface area contributed by atoms with Crippen molar-refractivity contribution in [1.82, 2.24) is 0 Å². The quantitative estimate of drug-likeness (QED) is 0.510. The van der Waals surface area contributed by atoms with Gasteiger partial charge in [-0.25, -0.2) is 4.79 Å². The van der Waals surface area contributed by atoms with E-state index < -0.39 is 0 Å². The van der Waals surface area contributed by atoms with Gasteiger partial charge in [0, 0.05) is 25.1 Å². The number of anilines is 1. The van der Waals surface area contributed by atoms with E-state index in [0.29, 0.717) is 5.92 Å². The van der Waals surface area contributed by atoms with E-state index in [9.17, 15) is 4.79 Å². The molecule has 3 nitrogen and oxygen atoms in total. The van der Waals surface area contributed by atoms with Gasteiger partial charge in [-0.1, -0.05) is 67.1 Å². The lowest BCUT2D eigenvalue weighted by atomic mass is 9.88. The summed E-state index contributed by atoms with van der Waals surface area (Å²) in [6, 6.07) is 20.9. The summed E-state index contributed by atoms with van der Waals surface area (Å²) in [5, 5.41) is 0. The van der Waals surface area contributed by atoms with Crippen LogP contribution in [0, 0.1) is 0 Å². The third-order valence-electron chi connectivity index (χ3n) is 6.75. The van der Waals surface area contributed by atoms with Gasteiger partial charge in [-0.15, -0.1) is 0 Å². The van der Waals surface area contributed by atoms with E-state index in [1.165, 1.54) is 24.0 Å². The highest BCUT2D eigenvalue weighted by atomic mass is 16.4. The van der Waals surface area contributed by atoms with E-state index in [1.807, 2.05) is 30.3 Å². The van der Waals surface area contributed by atoms with Gasteiger partial charge >= 0.3 is 5.63 Å². The van der Waals surface area contributed by atoms with Crippen LogP contribution in [0.4, 0.5) is 5.69 Å². The lowest BCUT2D eigenvalue weighted by molar-refractivity contribution is 0.450. The Morgan fingerprint density at radius 2 is 1.47 bits per heavy atom. The topological polar surface area (TPSA) is 33.5 Å². The third-order valence-corrected chi connectivity index (χ3v) is 6.75. The zero-order valence-electron chi connectivity index (χ0n) is 17.5. The standard InChI is InChI=1S/C27H29NO2/c29-27-25(22-12-6-2-7-13-22)26(23-14-8-3-9-15-24(23)30-27)28-18-16-21(17-19-28)20-10-4-1-5-11-20/h1-2,4-7,10-13,21H,3,8-9,14-19H2. The molecule has 2 heterocycles. The van der Waals surface area contributed by atoms with Crippen molar-refractivity contribution in [2.45, 2.75) is 50.9 Å². The number of piperidine rings is 1. The SMILES string of the molecule is O=c1oc2c(c(N3CCC(c4ccccc4)CC3)c1-c1ccccc1)CCCCC2. The van der Waals surface area contributed by atoms with Crippen molar-refractivity contribution in [3.63, 3.8) is 0 Å². The molecule has 0 spiro atoms. The molecule has 0 N–H and O–H groups in total. The summed E-state index contributed by atoms with van der Waals surface area (Å²) in [7, 11) is 0. The highest BCUT2D eigenvalue weighted by Gasteiger charge is 2.29. The number of rotatable bonds is 3. The second-order valence-electron chi connectivity index (χ2n) is 8.61. The molecule has 0 radical (unpaired) electrons. The van der Waals surface area contributed by atoms with Crippen LogP contribution in [-0.4, -0.2) is 13.1 Å². The van der Waals surface area contributed by atoms with E-state index in [1.54, 1.807) is 0 Å². The molecule has 0 saturated carbocycles. The van der Waals surface area contributed by atoms with Gasteiger partial charge in [-0.2, -0.15) is 0 Å². The van der Waals surface area contributed by atoms with Gasteiger partial charge in [-0.05, 0) is 49.1 Å². The first-order valence-corrected chi connectivity index (χ1v) is 11.4. The molecule has 0 bridgehead atoms. The summed E-state index contributed by atoms with van der Waals surface area (Å²) in [4.78, 5) is 15.6. The van der Waals surface area contributed by atoms with Gasteiger partial charge in [0.25, 0.3) is 0 Å². The molecule has 2 aliphatic rings. The molecule has 2 aromatic carbocycles. The molecule has 3 aromatic rings. The first-order chi connectivity index (χ1) is 14.8. The van der Waals surface area contributed by atoms with E-state index in [2.05, 4.69) is 35.2 Å². The zero-order chi connectivity index (χ0) is 20.3. The summed E-state index contributed by atoms with van der Waals surface area (Å²) in [6.45, 7) is 1.96. The number of hydrogen-bond acceptors (Lipinski definition) is 3. The molecule has 1 fully saturated rings. The van der Waals surface area contributed by atoms with Crippen molar-refractivity contribution >= 4 is 5.69 Å². The van der Waals surface area contributed by atoms with Crippen LogP contribution >= 0.6 is 0 Å². The number of fused-ring (bicyclic) bond motifs is 1. The Balaban J connectivity index is 1.55. The molecule has 1 aliphatic heterocycles. The van der Waals surface area contributed by atoms with Crippen LogP contribution in [0.2, 0.25) is 0 Å². The second-order valence-corrected chi connectivity index (χ2v) is 8.61. The molecule has 0 unspecified atom stereocenters. The van der Waals surface area contributed by atoms with Crippen molar-refractivity contribution in [2.24, 2.45) is 0 Å². The summed E-state index contributed by atoms with van der Waals surface area (Å²) in [5.74, 6) is 1.53. The van der Waals surface area contributed by atoms with Crippen LogP contribution in [0.1, 0.15) is 54.9 Å². The molecule has 3 heteroatoms. The van der Waals surface area contributed by atoms with Gasteiger partial charge in [0.2, 0.25) is 0 Å². The fourth-order valence-corrected chi connectivity index (χ4v) is 5.20. The number of hydrogen-bond donors (Lipinski definition) is 0. The number of nitrogens with zero attached hydrogens (tertiary/aromatic N) is 1. The van der Waals surface area contributed by atoms with Crippen LogP contribution in [0.3, 0.4) is 0 Å². The normalized spacial score (nSPS) is 17.4. The molecule has 1 saturated heterocycles. The van der Waals surface area contributed by atoms with E-state index in [4.69, 9.17) is 4.42 Å². The fraction of sp³-hybridized carbons (Fsp3) is 0.370. The minimum Gasteiger partial charge on any atom is -0.427 e. The van der Waals surface area contributed by atoms with Crippen molar-refractivity contribution in [3.05, 3.63) is 88.0 Å². The number of benzene rings is 2. The number of aryl methyl sites for hydroxylation is 1. The maximum absolute atomic E-state index is 13.2. The lowest BCUT2D eigenvalue weighted by Crippen LogP contribution is -2.35. The minimum absolute atomic E-state index is 0.179. The van der Waals surface area contributed by atoms with Crippen molar-refractivity contribution in [1.29, 1.82) is 0 Å². The Morgan fingerprint density at radius 3 is 2.20 bits per heavy atom. The van der Waals surface area contributed by atoms with Crippen LogP contribution in [0.25, 0.3) is 11.1 Å². The Labute approximate surface area is 178 Å². The Kier molecular flexibility index (Phi) is 5.44. The molecule has 0 amide bonds. The van der Waals surface area contributed by atoms with Crippen LogP contribution in [-0.2, 0) is 12.8 Å². The molecule has 154 valence electrons. The summed E-state index contributed by atoms with van der Waals surface area (Å²) in [5.41, 5.74) is 5.42. The van der Waals surface area contributed by atoms with Gasteiger partial charge in [0.15, 0.2) is 0 Å². The molecule has 5 rings (SSSR count). The molecular formula is C27H29NO2.